The first kappa shape index (κ1) is 14.7. The topological polar surface area (TPSA) is 45.2 Å². The third kappa shape index (κ3) is 2.73. The second-order valence-electron chi connectivity index (χ2n) is 5.47. The molecule has 2 heterocycles. The third-order valence-electron chi connectivity index (χ3n) is 3.97. The number of nitrogens with one attached hydrogen (secondary N) is 1. The summed E-state index contributed by atoms with van der Waals surface area (Å²) in [6.45, 7) is 3.15. The predicted octanol–water partition coefficient (Wildman–Crippen LogP) is 2.94. The Hall–Kier alpha value is -2.24. The lowest BCUT2D eigenvalue weighted by Crippen LogP contribution is -2.30. The quantitative estimate of drug-likeness (QED) is 0.948. The molecule has 1 atom stereocenters. The normalized spacial score (nSPS) is 18.0. The highest BCUT2D eigenvalue weighted by Gasteiger charge is 2.25. The van der Waals surface area contributed by atoms with Gasteiger partial charge in [0.2, 0.25) is 5.91 Å². The van der Waals surface area contributed by atoms with Crippen molar-refractivity contribution in [2.45, 2.75) is 25.8 Å². The second kappa shape index (κ2) is 5.87. The Morgan fingerprint density at radius 3 is 3.05 bits per heavy atom. The van der Waals surface area contributed by atoms with E-state index >= 15 is 0 Å². The van der Waals surface area contributed by atoms with Crippen molar-refractivity contribution < 1.29 is 13.6 Å². The number of nitrogens with zero attached hydrogens (tertiary/aromatic N) is 2. The third-order valence-corrected chi connectivity index (χ3v) is 3.97. The molecule has 0 bridgehead atoms. The van der Waals surface area contributed by atoms with Crippen LogP contribution in [-0.2, 0) is 4.79 Å². The fourth-order valence-electron chi connectivity index (χ4n) is 2.85. The Bertz CT molecular complexity index is 720. The van der Waals surface area contributed by atoms with Crippen molar-refractivity contribution in [3.63, 3.8) is 0 Å². The van der Waals surface area contributed by atoms with Gasteiger partial charge in [-0.05, 0) is 18.6 Å². The number of amides is 1. The summed E-state index contributed by atoms with van der Waals surface area (Å²) >= 11 is 0. The number of benzene rings is 1. The summed E-state index contributed by atoms with van der Waals surface area (Å²) in [5.41, 5.74) is 0.782. The van der Waals surface area contributed by atoms with Crippen LogP contribution in [0.15, 0.2) is 24.4 Å². The molecule has 0 spiro atoms. The van der Waals surface area contributed by atoms with Gasteiger partial charge >= 0.3 is 0 Å². The Morgan fingerprint density at radius 1 is 1.45 bits per heavy atom. The Kier molecular flexibility index (Phi) is 3.92. The Balaban J connectivity index is 1.85. The van der Waals surface area contributed by atoms with Crippen molar-refractivity contribution in [2.75, 3.05) is 18.4 Å². The zero-order chi connectivity index (χ0) is 15.7. The fourth-order valence-corrected chi connectivity index (χ4v) is 2.85. The number of halogens is 2. The van der Waals surface area contributed by atoms with E-state index in [0.717, 1.165) is 12.5 Å². The van der Waals surface area contributed by atoms with E-state index in [-0.39, 0.29) is 17.5 Å². The molecule has 2 aromatic rings. The summed E-state index contributed by atoms with van der Waals surface area (Å²) in [6.07, 6.45) is 2.80. The van der Waals surface area contributed by atoms with Gasteiger partial charge in [0.15, 0.2) is 5.82 Å². The summed E-state index contributed by atoms with van der Waals surface area (Å²) < 4.78 is 27.2. The molecule has 1 N–H and O–H groups in total. The van der Waals surface area contributed by atoms with Crippen LogP contribution in [-0.4, -0.2) is 34.9 Å². The van der Waals surface area contributed by atoms with E-state index < -0.39 is 11.6 Å². The molecular weight excluding hydrogens is 288 g/mol. The van der Waals surface area contributed by atoms with Crippen LogP contribution in [0.5, 0.6) is 0 Å². The molecule has 1 aliphatic rings. The van der Waals surface area contributed by atoms with Gasteiger partial charge < -0.3 is 10.2 Å². The summed E-state index contributed by atoms with van der Waals surface area (Å²) in [6, 6.07) is 3.88. The molecule has 4 nitrogen and oxygen atoms in total. The van der Waals surface area contributed by atoms with Gasteiger partial charge in [-0.15, -0.1) is 0 Å². The first-order valence-corrected chi connectivity index (χ1v) is 7.36. The molecule has 6 heteroatoms. The van der Waals surface area contributed by atoms with Crippen LogP contribution in [0, 0.1) is 11.6 Å². The van der Waals surface area contributed by atoms with Gasteiger partial charge in [-0.2, -0.15) is 0 Å². The van der Waals surface area contributed by atoms with Crippen molar-refractivity contribution in [2.24, 2.45) is 0 Å². The standard InChI is InChI=1S/C16H17F2N3O/c1-2-15(22)21-6-4-11(9-21)20-14-3-5-19-16-12(14)7-10(17)8-13(16)18/h3,5,7-8,11H,2,4,6,9H2,1H3,(H,19,20). The number of likely N-dealkylation sites (tertiary alicyclic amines) is 1. The molecule has 1 unspecified atom stereocenters. The minimum Gasteiger partial charge on any atom is -0.380 e. The van der Waals surface area contributed by atoms with Gasteiger partial charge in [-0.3, -0.25) is 9.78 Å². The molecule has 1 amide bonds. The van der Waals surface area contributed by atoms with Gasteiger partial charge in [-0.25, -0.2) is 8.78 Å². The lowest BCUT2D eigenvalue weighted by molar-refractivity contribution is -0.129. The molecule has 3 rings (SSSR count). The van der Waals surface area contributed by atoms with E-state index in [0.29, 0.717) is 30.6 Å². The van der Waals surface area contributed by atoms with Crippen LogP contribution in [0.2, 0.25) is 0 Å². The average molecular weight is 305 g/mol. The van der Waals surface area contributed by atoms with Crippen LogP contribution in [0.3, 0.4) is 0 Å². The smallest absolute Gasteiger partial charge is 0.222 e. The van der Waals surface area contributed by atoms with Crippen molar-refractivity contribution in [3.8, 4) is 0 Å². The van der Waals surface area contributed by atoms with Gasteiger partial charge in [-0.1, -0.05) is 6.92 Å². The molecule has 22 heavy (non-hydrogen) atoms. The number of carbonyl (C=O) groups is 1. The Morgan fingerprint density at radius 2 is 2.27 bits per heavy atom. The van der Waals surface area contributed by atoms with E-state index in [1.807, 2.05) is 11.8 Å². The van der Waals surface area contributed by atoms with Gasteiger partial charge in [0.25, 0.3) is 0 Å². The van der Waals surface area contributed by atoms with Crippen molar-refractivity contribution in [1.29, 1.82) is 0 Å². The molecule has 1 aromatic heterocycles. The number of pyridine rings is 1. The SMILES string of the molecule is CCC(=O)N1CCC(Nc2ccnc3c(F)cc(F)cc23)C1. The monoisotopic (exact) mass is 305 g/mol. The number of fused-ring (bicyclic) bond motifs is 1. The molecule has 0 radical (unpaired) electrons. The summed E-state index contributed by atoms with van der Waals surface area (Å²) in [4.78, 5) is 17.5. The molecular formula is C16H17F2N3O. The number of hydrogen-bond donors (Lipinski definition) is 1. The molecule has 1 aliphatic heterocycles. The predicted molar refractivity (Wildman–Crippen MR) is 80.6 cm³/mol. The number of aromatic nitrogens is 1. The van der Waals surface area contributed by atoms with Crippen molar-refractivity contribution in [1.82, 2.24) is 9.88 Å². The van der Waals surface area contributed by atoms with Crippen LogP contribution >= 0.6 is 0 Å². The van der Waals surface area contributed by atoms with Crippen LogP contribution in [0.4, 0.5) is 14.5 Å². The minimum absolute atomic E-state index is 0.0763. The van der Waals surface area contributed by atoms with Crippen LogP contribution < -0.4 is 5.32 Å². The molecule has 1 fully saturated rings. The first-order valence-electron chi connectivity index (χ1n) is 7.36. The van der Waals surface area contributed by atoms with Gasteiger partial charge in [0, 0.05) is 48.9 Å². The molecule has 116 valence electrons. The van der Waals surface area contributed by atoms with E-state index in [4.69, 9.17) is 0 Å². The van der Waals surface area contributed by atoms with Crippen molar-refractivity contribution in [3.05, 3.63) is 36.0 Å². The molecule has 0 aliphatic carbocycles. The maximum Gasteiger partial charge on any atom is 0.222 e. The zero-order valence-corrected chi connectivity index (χ0v) is 12.3. The zero-order valence-electron chi connectivity index (χ0n) is 12.3. The fraction of sp³-hybridized carbons (Fsp3) is 0.375. The summed E-state index contributed by atoms with van der Waals surface area (Å²) in [5, 5.41) is 3.70. The number of hydrogen-bond acceptors (Lipinski definition) is 3. The highest BCUT2D eigenvalue weighted by molar-refractivity contribution is 5.91. The lowest BCUT2D eigenvalue weighted by atomic mass is 10.1. The number of carbonyl (C=O) groups excluding carboxylic acids is 1. The highest BCUT2D eigenvalue weighted by Crippen LogP contribution is 2.26. The van der Waals surface area contributed by atoms with E-state index in [1.54, 1.807) is 6.07 Å². The van der Waals surface area contributed by atoms with E-state index in [9.17, 15) is 13.6 Å². The van der Waals surface area contributed by atoms with Crippen molar-refractivity contribution >= 4 is 22.5 Å². The summed E-state index contributed by atoms with van der Waals surface area (Å²) in [7, 11) is 0. The number of anilines is 1. The maximum atomic E-state index is 13.8. The number of rotatable bonds is 3. The molecule has 1 aromatic carbocycles. The summed E-state index contributed by atoms with van der Waals surface area (Å²) in [5.74, 6) is -1.18. The van der Waals surface area contributed by atoms with E-state index in [1.165, 1.54) is 12.3 Å². The van der Waals surface area contributed by atoms with Crippen LogP contribution in [0.25, 0.3) is 10.9 Å². The Labute approximate surface area is 127 Å². The molecule has 1 saturated heterocycles. The van der Waals surface area contributed by atoms with Gasteiger partial charge in [0.05, 0.1) is 0 Å². The lowest BCUT2D eigenvalue weighted by Gasteiger charge is -2.18. The van der Waals surface area contributed by atoms with Crippen LogP contribution in [0.1, 0.15) is 19.8 Å². The highest BCUT2D eigenvalue weighted by atomic mass is 19.1. The minimum atomic E-state index is -0.673. The largest absolute Gasteiger partial charge is 0.380 e. The average Bonchev–Trinajstić information content (AvgIpc) is 2.96. The van der Waals surface area contributed by atoms with Gasteiger partial charge in [0.1, 0.15) is 11.3 Å². The first-order chi connectivity index (χ1) is 10.6. The molecule has 0 saturated carbocycles. The van der Waals surface area contributed by atoms with E-state index in [2.05, 4.69) is 10.3 Å². The maximum absolute atomic E-state index is 13.8. The second-order valence-corrected chi connectivity index (χ2v) is 5.47.